The quantitative estimate of drug-likeness (QED) is 0.352. The van der Waals surface area contributed by atoms with E-state index in [-0.39, 0.29) is 5.69 Å². The number of nitro groups is 1. The Morgan fingerprint density at radius 2 is 1.88 bits per heavy atom. The van der Waals surface area contributed by atoms with Gasteiger partial charge in [0.1, 0.15) is 9.32 Å². The minimum atomic E-state index is -0.653. The Balaban J connectivity index is 3.33. The van der Waals surface area contributed by atoms with E-state index in [9.17, 15) is 10.1 Å². The van der Waals surface area contributed by atoms with Crippen LogP contribution in [0.1, 0.15) is 11.9 Å². The minimum absolute atomic E-state index is 0.0287. The van der Waals surface area contributed by atoms with Crippen molar-refractivity contribution < 1.29 is 19.1 Å². The average molecular weight is 353 g/mol. The number of hydrogen-bond donors (Lipinski definition) is 0. The van der Waals surface area contributed by atoms with Crippen LogP contribution >= 0.6 is 22.6 Å². The molecule has 6 nitrogen and oxygen atoms in total. The molecule has 0 spiro atoms. The highest BCUT2D eigenvalue weighted by Crippen LogP contribution is 2.34. The van der Waals surface area contributed by atoms with Gasteiger partial charge in [0, 0.05) is 25.8 Å². The highest BCUT2D eigenvalue weighted by Gasteiger charge is 2.21. The van der Waals surface area contributed by atoms with Crippen LogP contribution in [0.2, 0.25) is 0 Å². The summed E-state index contributed by atoms with van der Waals surface area (Å²) in [5.41, 5.74) is 0.512. The first-order valence-electron chi connectivity index (χ1n) is 4.62. The average Bonchev–Trinajstić information content (AvgIpc) is 2.31. The Hall–Kier alpha value is -0.930. The van der Waals surface area contributed by atoms with Crippen LogP contribution in [-0.4, -0.2) is 26.3 Å². The highest BCUT2D eigenvalue weighted by molar-refractivity contribution is 14.1. The monoisotopic (exact) mass is 353 g/mol. The zero-order chi connectivity index (χ0) is 13.0. The minimum Gasteiger partial charge on any atom is -0.495 e. The Labute approximate surface area is 112 Å². The van der Waals surface area contributed by atoms with Crippen LogP contribution in [0.4, 0.5) is 5.69 Å². The van der Waals surface area contributed by atoms with Crippen molar-refractivity contribution in [2.75, 3.05) is 21.3 Å². The van der Waals surface area contributed by atoms with Gasteiger partial charge in [0.2, 0.25) is 0 Å². The van der Waals surface area contributed by atoms with Crippen molar-refractivity contribution in [3.05, 3.63) is 31.4 Å². The fourth-order valence-electron chi connectivity index (χ4n) is 1.39. The van der Waals surface area contributed by atoms with Crippen molar-refractivity contribution in [2.45, 2.75) is 6.29 Å². The lowest BCUT2D eigenvalue weighted by Gasteiger charge is -2.15. The summed E-state index contributed by atoms with van der Waals surface area (Å²) >= 11 is 1.87. The van der Waals surface area contributed by atoms with E-state index >= 15 is 0 Å². The molecule has 0 aliphatic heterocycles. The lowest BCUT2D eigenvalue weighted by atomic mass is 10.2. The molecule has 0 saturated carbocycles. The summed E-state index contributed by atoms with van der Waals surface area (Å²) in [6, 6.07) is 3.08. The molecule has 0 saturated heterocycles. The summed E-state index contributed by atoms with van der Waals surface area (Å²) in [6.07, 6.45) is -0.653. The Morgan fingerprint density at radius 1 is 1.29 bits per heavy atom. The van der Waals surface area contributed by atoms with Crippen molar-refractivity contribution >= 4 is 28.3 Å². The first-order chi connectivity index (χ1) is 8.04. The Morgan fingerprint density at radius 3 is 2.29 bits per heavy atom. The standard InChI is InChI=1S/C10H12INO5/c1-15-8-5-6(10(16-2)17-3)4-7(9(8)11)12(13)14/h4-5,10H,1-3H3. The Bertz CT molecular complexity index is 419. The summed E-state index contributed by atoms with van der Waals surface area (Å²) in [6.45, 7) is 0. The van der Waals surface area contributed by atoms with E-state index in [0.717, 1.165) is 0 Å². The molecule has 0 bridgehead atoms. The molecule has 0 heterocycles. The van der Waals surface area contributed by atoms with Crippen LogP contribution in [-0.2, 0) is 9.47 Å². The number of hydrogen-bond acceptors (Lipinski definition) is 5. The molecule has 0 atom stereocenters. The summed E-state index contributed by atoms with van der Waals surface area (Å²) in [4.78, 5) is 10.4. The van der Waals surface area contributed by atoms with Gasteiger partial charge in [0.25, 0.3) is 5.69 Å². The zero-order valence-corrected chi connectivity index (χ0v) is 11.8. The van der Waals surface area contributed by atoms with Crippen LogP contribution in [0.3, 0.4) is 0 Å². The molecule has 0 aliphatic rings. The molecule has 7 heteroatoms. The topological polar surface area (TPSA) is 70.8 Å². The molecule has 94 valence electrons. The first-order valence-corrected chi connectivity index (χ1v) is 5.70. The van der Waals surface area contributed by atoms with E-state index in [1.807, 2.05) is 22.6 Å². The van der Waals surface area contributed by atoms with Gasteiger partial charge < -0.3 is 14.2 Å². The smallest absolute Gasteiger partial charge is 0.286 e. The van der Waals surface area contributed by atoms with Crippen LogP contribution in [0.5, 0.6) is 5.75 Å². The maximum Gasteiger partial charge on any atom is 0.286 e. The molecular weight excluding hydrogens is 341 g/mol. The lowest BCUT2D eigenvalue weighted by molar-refractivity contribution is -0.386. The van der Waals surface area contributed by atoms with E-state index in [4.69, 9.17) is 14.2 Å². The highest BCUT2D eigenvalue weighted by atomic mass is 127. The molecule has 0 fully saturated rings. The summed E-state index contributed by atoms with van der Waals surface area (Å²) in [5.74, 6) is 0.425. The molecule has 1 rings (SSSR count). The van der Waals surface area contributed by atoms with Gasteiger partial charge in [-0.3, -0.25) is 10.1 Å². The van der Waals surface area contributed by atoms with Crippen LogP contribution in [0.15, 0.2) is 12.1 Å². The second-order valence-electron chi connectivity index (χ2n) is 3.12. The van der Waals surface area contributed by atoms with E-state index in [1.54, 1.807) is 6.07 Å². The predicted molar refractivity (Wildman–Crippen MR) is 69.1 cm³/mol. The van der Waals surface area contributed by atoms with Crippen molar-refractivity contribution in [3.63, 3.8) is 0 Å². The van der Waals surface area contributed by atoms with Gasteiger partial charge in [-0.25, -0.2) is 0 Å². The van der Waals surface area contributed by atoms with Gasteiger partial charge in [-0.2, -0.15) is 0 Å². The number of halogens is 1. The predicted octanol–water partition coefficient (Wildman–Crippen LogP) is 2.50. The molecule has 0 aliphatic carbocycles. The second kappa shape index (κ2) is 6.12. The zero-order valence-electron chi connectivity index (χ0n) is 9.60. The molecule has 0 unspecified atom stereocenters. The van der Waals surface area contributed by atoms with Crippen LogP contribution in [0, 0.1) is 13.7 Å². The van der Waals surface area contributed by atoms with E-state index in [0.29, 0.717) is 14.9 Å². The largest absolute Gasteiger partial charge is 0.495 e. The number of benzene rings is 1. The van der Waals surface area contributed by atoms with Crippen LogP contribution < -0.4 is 4.74 Å². The number of nitrogens with zero attached hydrogens (tertiary/aromatic N) is 1. The van der Waals surface area contributed by atoms with E-state index < -0.39 is 11.2 Å². The van der Waals surface area contributed by atoms with Gasteiger partial charge >= 0.3 is 0 Å². The molecule has 0 amide bonds. The maximum absolute atomic E-state index is 10.9. The fraction of sp³-hybridized carbons (Fsp3) is 0.400. The van der Waals surface area contributed by atoms with E-state index in [1.165, 1.54) is 27.4 Å². The Kier molecular flexibility index (Phi) is 5.09. The van der Waals surface area contributed by atoms with Gasteiger partial charge in [-0.05, 0) is 28.7 Å². The summed E-state index contributed by atoms with van der Waals surface area (Å²) in [5, 5.41) is 10.9. The summed E-state index contributed by atoms with van der Waals surface area (Å²) in [7, 11) is 4.38. The van der Waals surface area contributed by atoms with Crippen molar-refractivity contribution in [1.29, 1.82) is 0 Å². The van der Waals surface area contributed by atoms with Crippen molar-refractivity contribution in [1.82, 2.24) is 0 Å². The van der Waals surface area contributed by atoms with Gasteiger partial charge in [0.05, 0.1) is 12.0 Å². The number of nitro benzene ring substituents is 1. The van der Waals surface area contributed by atoms with Gasteiger partial charge in [-0.1, -0.05) is 0 Å². The normalized spacial score (nSPS) is 10.6. The molecule has 0 aromatic heterocycles. The first kappa shape index (κ1) is 14.1. The summed E-state index contributed by atoms with van der Waals surface area (Å²) < 4.78 is 15.7. The molecular formula is C10H12INO5. The van der Waals surface area contributed by atoms with E-state index in [2.05, 4.69) is 0 Å². The third-order valence-corrected chi connectivity index (χ3v) is 3.24. The van der Waals surface area contributed by atoms with Gasteiger partial charge in [0.15, 0.2) is 6.29 Å². The molecule has 1 aromatic rings. The van der Waals surface area contributed by atoms with Crippen LogP contribution in [0.25, 0.3) is 0 Å². The molecule has 17 heavy (non-hydrogen) atoms. The SMILES string of the molecule is COc1cc(C(OC)OC)cc([N+](=O)[O-])c1I. The maximum atomic E-state index is 10.9. The molecule has 0 radical (unpaired) electrons. The van der Waals surface area contributed by atoms with Crippen molar-refractivity contribution in [3.8, 4) is 5.75 Å². The number of methoxy groups -OCH3 is 3. The molecule has 1 aromatic carbocycles. The second-order valence-corrected chi connectivity index (χ2v) is 4.20. The third-order valence-electron chi connectivity index (χ3n) is 2.16. The number of ether oxygens (including phenoxy) is 3. The lowest BCUT2D eigenvalue weighted by Crippen LogP contribution is -2.06. The molecule has 0 N–H and O–H groups in total. The van der Waals surface area contributed by atoms with Crippen molar-refractivity contribution in [2.24, 2.45) is 0 Å². The number of rotatable bonds is 5. The third kappa shape index (κ3) is 3.05. The fourth-order valence-corrected chi connectivity index (χ4v) is 2.12. The van der Waals surface area contributed by atoms with Gasteiger partial charge in [-0.15, -0.1) is 0 Å².